The van der Waals surface area contributed by atoms with Crippen molar-refractivity contribution < 1.29 is 0 Å². The number of nitrogens with two attached hydrogens (primary N) is 1. The zero-order chi connectivity index (χ0) is 13.4. The van der Waals surface area contributed by atoms with Crippen LogP contribution < -0.4 is 11.1 Å². The van der Waals surface area contributed by atoms with Crippen molar-refractivity contribution in [3.63, 3.8) is 0 Å². The second-order valence-corrected chi connectivity index (χ2v) is 4.07. The number of hydrogen-bond donors (Lipinski definition) is 2. The van der Waals surface area contributed by atoms with E-state index in [1.165, 1.54) is 5.56 Å². The summed E-state index contributed by atoms with van der Waals surface area (Å²) in [5.74, 6) is 0.986. The standard InChI is InChI=1S/C13H21N5/c1-15-13(17-12(14)18(2)3)16-10-9-11-7-5-4-6-8-11/h4-8H,9-10H2,1-3H3,(H3,14,15,16,17). The quantitative estimate of drug-likeness (QED) is 0.610. The van der Waals surface area contributed by atoms with Crippen molar-refractivity contribution in [3.05, 3.63) is 35.9 Å². The molecule has 0 radical (unpaired) electrons. The molecule has 0 fully saturated rings. The molecule has 0 aliphatic heterocycles. The molecule has 0 unspecified atom stereocenters. The molecule has 1 aromatic carbocycles. The Morgan fingerprint density at radius 3 is 2.50 bits per heavy atom. The third-order valence-corrected chi connectivity index (χ3v) is 2.43. The summed E-state index contributed by atoms with van der Waals surface area (Å²) in [6, 6.07) is 10.3. The Morgan fingerprint density at radius 2 is 1.94 bits per heavy atom. The molecule has 18 heavy (non-hydrogen) atoms. The minimum absolute atomic E-state index is 0.433. The van der Waals surface area contributed by atoms with Crippen LogP contribution in [0, 0.1) is 0 Å². The van der Waals surface area contributed by atoms with Gasteiger partial charge in [-0.1, -0.05) is 30.3 Å². The van der Waals surface area contributed by atoms with E-state index in [2.05, 4.69) is 27.4 Å². The maximum atomic E-state index is 5.73. The van der Waals surface area contributed by atoms with Crippen molar-refractivity contribution >= 4 is 11.9 Å². The van der Waals surface area contributed by atoms with Crippen LogP contribution in [0.4, 0.5) is 0 Å². The second kappa shape index (κ2) is 7.32. The number of guanidine groups is 2. The fourth-order valence-corrected chi connectivity index (χ4v) is 1.34. The largest absolute Gasteiger partial charge is 0.369 e. The molecule has 98 valence electrons. The molecule has 1 aromatic rings. The van der Waals surface area contributed by atoms with Gasteiger partial charge in [-0.15, -0.1) is 0 Å². The first kappa shape index (κ1) is 14.0. The van der Waals surface area contributed by atoms with Gasteiger partial charge in [-0.25, -0.2) is 0 Å². The molecule has 0 aromatic heterocycles. The summed E-state index contributed by atoms with van der Waals surface area (Å²) in [4.78, 5) is 9.98. The third-order valence-electron chi connectivity index (χ3n) is 2.43. The lowest BCUT2D eigenvalue weighted by Gasteiger charge is -2.11. The molecule has 5 nitrogen and oxygen atoms in total. The fraction of sp³-hybridized carbons (Fsp3) is 0.385. The average molecular weight is 247 g/mol. The normalized spacial score (nSPS) is 12.4. The first-order valence-corrected chi connectivity index (χ1v) is 5.89. The van der Waals surface area contributed by atoms with Crippen LogP contribution in [-0.2, 0) is 6.42 Å². The van der Waals surface area contributed by atoms with Crippen molar-refractivity contribution in [3.8, 4) is 0 Å². The van der Waals surface area contributed by atoms with Crippen molar-refractivity contribution in [2.45, 2.75) is 6.42 Å². The molecule has 0 heterocycles. The summed E-state index contributed by atoms with van der Waals surface area (Å²) in [7, 11) is 5.38. The summed E-state index contributed by atoms with van der Waals surface area (Å²) in [5, 5.41) is 3.16. The van der Waals surface area contributed by atoms with E-state index < -0.39 is 0 Å². The van der Waals surface area contributed by atoms with Crippen molar-refractivity contribution in [2.75, 3.05) is 27.7 Å². The Labute approximate surface area is 108 Å². The Balaban J connectivity index is 2.44. The molecule has 0 spiro atoms. The zero-order valence-corrected chi connectivity index (χ0v) is 11.2. The lowest BCUT2D eigenvalue weighted by molar-refractivity contribution is 0.615. The van der Waals surface area contributed by atoms with Crippen LogP contribution in [0.15, 0.2) is 40.3 Å². The molecular weight excluding hydrogens is 226 g/mol. The number of hydrogen-bond acceptors (Lipinski definition) is 1. The van der Waals surface area contributed by atoms with Gasteiger partial charge in [0.25, 0.3) is 0 Å². The van der Waals surface area contributed by atoms with E-state index in [4.69, 9.17) is 5.73 Å². The zero-order valence-electron chi connectivity index (χ0n) is 11.2. The molecule has 1 rings (SSSR count). The maximum Gasteiger partial charge on any atom is 0.220 e. The first-order chi connectivity index (χ1) is 8.63. The van der Waals surface area contributed by atoms with Gasteiger partial charge in [0.2, 0.25) is 5.96 Å². The molecular formula is C13H21N5. The van der Waals surface area contributed by atoms with E-state index in [9.17, 15) is 0 Å². The average Bonchev–Trinajstić information content (AvgIpc) is 2.38. The van der Waals surface area contributed by atoms with Crippen molar-refractivity contribution in [2.24, 2.45) is 15.7 Å². The van der Waals surface area contributed by atoms with E-state index in [-0.39, 0.29) is 0 Å². The third kappa shape index (κ3) is 4.86. The molecule has 3 N–H and O–H groups in total. The Kier molecular flexibility index (Phi) is 5.70. The smallest absolute Gasteiger partial charge is 0.220 e. The van der Waals surface area contributed by atoms with Gasteiger partial charge in [0.15, 0.2) is 5.96 Å². The molecule has 0 atom stereocenters. The predicted molar refractivity (Wildman–Crippen MR) is 76.8 cm³/mol. The van der Waals surface area contributed by atoms with Crippen LogP contribution in [-0.4, -0.2) is 44.5 Å². The predicted octanol–water partition coefficient (Wildman–Crippen LogP) is 0.681. The lowest BCUT2D eigenvalue weighted by Crippen LogP contribution is -2.34. The summed E-state index contributed by atoms with van der Waals surface area (Å²) in [5.41, 5.74) is 7.01. The number of rotatable bonds is 3. The van der Waals surface area contributed by atoms with Crippen LogP contribution in [0.5, 0.6) is 0 Å². The summed E-state index contributed by atoms with van der Waals surface area (Å²) in [6.07, 6.45) is 0.928. The molecule has 0 aliphatic rings. The van der Waals surface area contributed by atoms with Crippen molar-refractivity contribution in [1.29, 1.82) is 0 Å². The van der Waals surface area contributed by atoms with Crippen LogP contribution in [0.1, 0.15) is 5.56 Å². The van der Waals surface area contributed by atoms with Crippen LogP contribution in [0.2, 0.25) is 0 Å². The topological polar surface area (TPSA) is 66.0 Å². The summed E-state index contributed by atoms with van der Waals surface area (Å²) < 4.78 is 0. The van der Waals surface area contributed by atoms with E-state index in [1.54, 1.807) is 11.9 Å². The number of aliphatic imine (C=N–C) groups is 2. The minimum atomic E-state index is 0.433. The number of nitrogens with one attached hydrogen (secondary N) is 1. The van der Waals surface area contributed by atoms with Gasteiger partial charge in [-0.3, -0.25) is 4.99 Å². The summed E-state index contributed by atoms with van der Waals surface area (Å²) in [6.45, 7) is 0.779. The highest BCUT2D eigenvalue weighted by Crippen LogP contribution is 1.98. The SMILES string of the molecule is CN=C(N=C(N)N(C)C)NCCc1ccccc1. The molecule has 0 amide bonds. The molecule has 0 bridgehead atoms. The van der Waals surface area contributed by atoms with Crippen molar-refractivity contribution in [1.82, 2.24) is 10.2 Å². The van der Waals surface area contributed by atoms with Gasteiger partial charge >= 0.3 is 0 Å². The fourth-order valence-electron chi connectivity index (χ4n) is 1.34. The highest BCUT2D eigenvalue weighted by Gasteiger charge is 1.99. The van der Waals surface area contributed by atoms with Gasteiger partial charge in [0.1, 0.15) is 0 Å². The van der Waals surface area contributed by atoms with Gasteiger partial charge < -0.3 is 16.0 Å². The van der Waals surface area contributed by atoms with E-state index in [1.807, 2.05) is 32.3 Å². The Bertz CT molecular complexity index is 409. The van der Waals surface area contributed by atoms with Crippen LogP contribution in [0.3, 0.4) is 0 Å². The number of benzene rings is 1. The van der Waals surface area contributed by atoms with E-state index in [0.717, 1.165) is 13.0 Å². The van der Waals surface area contributed by atoms with Crippen LogP contribution in [0.25, 0.3) is 0 Å². The maximum absolute atomic E-state index is 5.73. The summed E-state index contributed by atoms with van der Waals surface area (Å²) >= 11 is 0. The Hall–Kier alpha value is -2.04. The first-order valence-electron chi connectivity index (χ1n) is 5.89. The van der Waals surface area contributed by atoms with Gasteiger partial charge in [-0.05, 0) is 12.0 Å². The molecule has 5 heteroatoms. The highest BCUT2D eigenvalue weighted by molar-refractivity contribution is 5.93. The van der Waals surface area contributed by atoms with E-state index >= 15 is 0 Å². The highest BCUT2D eigenvalue weighted by atomic mass is 15.3. The minimum Gasteiger partial charge on any atom is -0.369 e. The molecule has 0 saturated heterocycles. The van der Waals surface area contributed by atoms with Gasteiger partial charge in [0, 0.05) is 27.7 Å². The Morgan fingerprint density at radius 1 is 1.28 bits per heavy atom. The molecule has 0 saturated carbocycles. The number of nitrogens with zero attached hydrogens (tertiary/aromatic N) is 3. The molecule has 0 aliphatic carbocycles. The monoisotopic (exact) mass is 247 g/mol. The van der Waals surface area contributed by atoms with Gasteiger partial charge in [0.05, 0.1) is 0 Å². The van der Waals surface area contributed by atoms with E-state index in [0.29, 0.717) is 11.9 Å². The van der Waals surface area contributed by atoms with Crippen LogP contribution >= 0.6 is 0 Å². The second-order valence-electron chi connectivity index (χ2n) is 4.07. The van der Waals surface area contributed by atoms with Gasteiger partial charge in [-0.2, -0.15) is 4.99 Å². The lowest BCUT2D eigenvalue weighted by atomic mass is 10.1.